The zero-order chi connectivity index (χ0) is 20.2. The first-order chi connectivity index (χ1) is 14.2. The van der Waals surface area contributed by atoms with Gasteiger partial charge in [-0.15, -0.1) is 0 Å². The van der Waals surface area contributed by atoms with Gasteiger partial charge in [-0.3, -0.25) is 0 Å². The van der Waals surface area contributed by atoms with Crippen molar-refractivity contribution in [3.05, 3.63) is 64.8 Å². The summed E-state index contributed by atoms with van der Waals surface area (Å²) in [5.41, 5.74) is 5.71. The number of aryl methyl sites for hydroxylation is 3. The molecule has 2 aromatic carbocycles. The van der Waals surface area contributed by atoms with E-state index in [1.165, 1.54) is 11.1 Å². The molecule has 4 rings (SSSR count). The lowest BCUT2D eigenvalue weighted by molar-refractivity contribution is 0.174. The van der Waals surface area contributed by atoms with E-state index in [4.69, 9.17) is 9.47 Å². The van der Waals surface area contributed by atoms with Crippen LogP contribution in [0, 0.1) is 6.92 Å². The lowest BCUT2D eigenvalue weighted by Gasteiger charge is -2.16. The maximum absolute atomic E-state index is 5.45. The van der Waals surface area contributed by atoms with Crippen LogP contribution < -0.4 is 20.1 Å². The summed E-state index contributed by atoms with van der Waals surface area (Å²) < 4.78 is 10.8. The highest BCUT2D eigenvalue weighted by atomic mass is 16.7. The minimum absolute atomic E-state index is 0.279. The lowest BCUT2D eigenvalue weighted by Crippen LogP contribution is -2.07. The number of rotatable bonds is 7. The highest BCUT2D eigenvalue weighted by molar-refractivity contribution is 5.66. The fourth-order valence-electron chi connectivity index (χ4n) is 3.47. The van der Waals surface area contributed by atoms with Crippen molar-refractivity contribution < 1.29 is 9.47 Å². The smallest absolute Gasteiger partial charge is 0.231 e. The summed E-state index contributed by atoms with van der Waals surface area (Å²) in [6.07, 6.45) is 1.94. The fraction of sp³-hybridized carbons (Fsp3) is 0.304. The van der Waals surface area contributed by atoms with Crippen molar-refractivity contribution in [1.82, 2.24) is 9.97 Å². The predicted molar refractivity (Wildman–Crippen MR) is 115 cm³/mol. The average molecular weight is 390 g/mol. The minimum atomic E-state index is 0.279. The Morgan fingerprint density at radius 2 is 1.69 bits per heavy atom. The molecule has 0 bridgehead atoms. The van der Waals surface area contributed by atoms with E-state index in [0.29, 0.717) is 12.5 Å². The summed E-state index contributed by atoms with van der Waals surface area (Å²) in [6.45, 7) is 7.20. The number of nitrogens with one attached hydrogen (secondary N) is 2. The van der Waals surface area contributed by atoms with Crippen molar-refractivity contribution in [2.24, 2.45) is 0 Å². The van der Waals surface area contributed by atoms with Gasteiger partial charge in [0.1, 0.15) is 5.82 Å². The van der Waals surface area contributed by atoms with Crippen LogP contribution in [0.5, 0.6) is 11.5 Å². The number of anilines is 3. The molecule has 0 unspecified atom stereocenters. The van der Waals surface area contributed by atoms with E-state index >= 15 is 0 Å². The van der Waals surface area contributed by atoms with Crippen molar-refractivity contribution in [2.75, 3.05) is 17.4 Å². The van der Waals surface area contributed by atoms with Gasteiger partial charge < -0.3 is 20.1 Å². The molecule has 6 nitrogen and oxygen atoms in total. The largest absolute Gasteiger partial charge is 0.454 e. The molecule has 0 fully saturated rings. The number of hydrogen-bond donors (Lipinski definition) is 2. The molecule has 0 radical (unpaired) electrons. The Hall–Kier alpha value is -3.28. The van der Waals surface area contributed by atoms with Gasteiger partial charge in [0, 0.05) is 24.0 Å². The molecule has 0 spiro atoms. The van der Waals surface area contributed by atoms with Crippen LogP contribution in [0.15, 0.2) is 42.5 Å². The zero-order valence-corrected chi connectivity index (χ0v) is 17.1. The third-order valence-electron chi connectivity index (χ3n) is 4.99. The van der Waals surface area contributed by atoms with E-state index in [-0.39, 0.29) is 6.79 Å². The third kappa shape index (κ3) is 4.26. The summed E-state index contributed by atoms with van der Waals surface area (Å²) in [4.78, 5) is 9.21. The molecular weight excluding hydrogens is 364 g/mol. The first-order valence-electron chi connectivity index (χ1n) is 10.0. The van der Waals surface area contributed by atoms with E-state index < -0.39 is 0 Å². The van der Waals surface area contributed by atoms with E-state index in [1.807, 2.05) is 31.2 Å². The van der Waals surface area contributed by atoms with Gasteiger partial charge in [0.2, 0.25) is 12.7 Å². The molecule has 0 amide bonds. The fourth-order valence-corrected chi connectivity index (χ4v) is 3.47. The number of nitrogens with zero attached hydrogens (tertiary/aromatic N) is 2. The Morgan fingerprint density at radius 1 is 0.931 bits per heavy atom. The summed E-state index contributed by atoms with van der Waals surface area (Å²) in [5.74, 6) is 2.95. The van der Waals surface area contributed by atoms with E-state index in [0.717, 1.165) is 47.1 Å². The summed E-state index contributed by atoms with van der Waals surface area (Å²) in [7, 11) is 0. The molecule has 6 heteroatoms. The normalized spacial score (nSPS) is 12.1. The Labute approximate surface area is 171 Å². The predicted octanol–water partition coefficient (Wildman–Crippen LogP) is 4.99. The minimum Gasteiger partial charge on any atom is -0.454 e. The number of fused-ring (bicyclic) bond motifs is 1. The van der Waals surface area contributed by atoms with Crippen LogP contribution in [0.3, 0.4) is 0 Å². The molecule has 1 aliphatic heterocycles. The quantitative estimate of drug-likeness (QED) is 0.592. The van der Waals surface area contributed by atoms with Gasteiger partial charge in [-0.1, -0.05) is 38.1 Å². The first kappa shape index (κ1) is 19.1. The molecule has 29 heavy (non-hydrogen) atoms. The second-order valence-corrected chi connectivity index (χ2v) is 7.04. The van der Waals surface area contributed by atoms with Crippen molar-refractivity contribution in [1.29, 1.82) is 0 Å². The molecule has 2 N–H and O–H groups in total. The molecule has 0 atom stereocenters. The van der Waals surface area contributed by atoms with Crippen LogP contribution in [0.2, 0.25) is 0 Å². The summed E-state index contributed by atoms with van der Waals surface area (Å²) in [5, 5.41) is 6.85. The van der Waals surface area contributed by atoms with Gasteiger partial charge in [0.05, 0.1) is 0 Å². The zero-order valence-electron chi connectivity index (χ0n) is 17.1. The second-order valence-electron chi connectivity index (χ2n) is 7.04. The lowest BCUT2D eigenvalue weighted by atomic mass is 10.0. The first-order valence-corrected chi connectivity index (χ1v) is 10.0. The van der Waals surface area contributed by atoms with Gasteiger partial charge in [-0.05, 0) is 48.6 Å². The van der Waals surface area contributed by atoms with Gasteiger partial charge in [0.25, 0.3) is 0 Å². The number of benzene rings is 2. The molecule has 1 aromatic heterocycles. The monoisotopic (exact) mass is 390 g/mol. The van der Waals surface area contributed by atoms with Crippen LogP contribution in [0.4, 0.5) is 17.5 Å². The molecule has 150 valence electrons. The van der Waals surface area contributed by atoms with Gasteiger partial charge in [-0.2, -0.15) is 4.98 Å². The van der Waals surface area contributed by atoms with Crippen LogP contribution in [0.25, 0.3) is 0 Å². The highest BCUT2D eigenvalue weighted by Crippen LogP contribution is 2.32. The molecule has 0 saturated carbocycles. The molecule has 1 aliphatic rings. The Balaban J connectivity index is 1.52. The summed E-state index contributed by atoms with van der Waals surface area (Å²) in [6, 6.07) is 14.3. The van der Waals surface area contributed by atoms with Crippen LogP contribution in [-0.2, 0) is 19.4 Å². The van der Waals surface area contributed by atoms with E-state index in [2.05, 4.69) is 52.6 Å². The summed E-state index contributed by atoms with van der Waals surface area (Å²) >= 11 is 0. The number of aromatic nitrogens is 2. The van der Waals surface area contributed by atoms with Crippen molar-refractivity contribution in [3.63, 3.8) is 0 Å². The SMILES string of the molecule is CCc1cccc(CC)c1Nc1cc(C)nc(NCc2ccc3c(c2)OCO3)n1. The molecule has 2 heterocycles. The van der Waals surface area contributed by atoms with Crippen molar-refractivity contribution >= 4 is 17.5 Å². The van der Waals surface area contributed by atoms with Crippen molar-refractivity contribution in [3.8, 4) is 11.5 Å². The van der Waals surface area contributed by atoms with Crippen LogP contribution in [0.1, 0.15) is 36.2 Å². The van der Waals surface area contributed by atoms with Gasteiger partial charge in [0.15, 0.2) is 11.5 Å². The Morgan fingerprint density at radius 3 is 2.45 bits per heavy atom. The van der Waals surface area contributed by atoms with Gasteiger partial charge >= 0.3 is 0 Å². The van der Waals surface area contributed by atoms with Crippen LogP contribution >= 0.6 is 0 Å². The Bertz CT molecular complexity index is 998. The standard InChI is InChI=1S/C23H26N4O2/c1-4-17-7-6-8-18(5-2)22(17)26-21-11-15(3)25-23(27-21)24-13-16-9-10-19-20(12-16)29-14-28-19/h6-12H,4-5,13-14H2,1-3H3,(H2,24,25,26,27). The molecule has 0 aliphatic carbocycles. The number of ether oxygens (including phenoxy) is 2. The third-order valence-corrected chi connectivity index (χ3v) is 4.99. The Kier molecular flexibility index (Phi) is 5.51. The number of para-hydroxylation sites is 1. The van der Waals surface area contributed by atoms with E-state index in [9.17, 15) is 0 Å². The maximum Gasteiger partial charge on any atom is 0.231 e. The van der Waals surface area contributed by atoms with Gasteiger partial charge in [-0.25, -0.2) is 4.98 Å². The molecule has 0 saturated heterocycles. The topological polar surface area (TPSA) is 68.3 Å². The van der Waals surface area contributed by atoms with Crippen molar-refractivity contribution in [2.45, 2.75) is 40.2 Å². The van der Waals surface area contributed by atoms with E-state index in [1.54, 1.807) is 0 Å². The second kappa shape index (κ2) is 8.39. The average Bonchev–Trinajstić information content (AvgIpc) is 3.20. The molecule has 3 aromatic rings. The highest BCUT2D eigenvalue weighted by Gasteiger charge is 2.13. The van der Waals surface area contributed by atoms with Crippen LogP contribution in [-0.4, -0.2) is 16.8 Å². The molecular formula is C23H26N4O2. The number of hydrogen-bond acceptors (Lipinski definition) is 6. The maximum atomic E-state index is 5.45.